The average Bonchev–Trinajstić information content (AvgIpc) is 2.26. The molecule has 0 radical (unpaired) electrons. The molecule has 0 bridgehead atoms. The van der Waals surface area contributed by atoms with Gasteiger partial charge in [-0.1, -0.05) is 6.92 Å². The highest BCUT2D eigenvalue weighted by Gasteiger charge is 2.10. The lowest BCUT2D eigenvalue weighted by Crippen LogP contribution is -2.01. The average molecular weight is 320 g/mol. The fourth-order valence-corrected chi connectivity index (χ4v) is 1.92. The number of ether oxygens (including phenoxy) is 2. The second kappa shape index (κ2) is 5.95. The van der Waals surface area contributed by atoms with E-state index in [-0.39, 0.29) is 0 Å². The summed E-state index contributed by atoms with van der Waals surface area (Å²) in [5, 5.41) is 0. The van der Waals surface area contributed by atoms with Crippen LogP contribution in [-0.4, -0.2) is 20.0 Å². The summed E-state index contributed by atoms with van der Waals surface area (Å²) in [5.41, 5.74) is 0.534. The minimum Gasteiger partial charge on any atom is -0.497 e. The molecule has 0 N–H and O–H groups in total. The number of benzene rings is 1. The number of aldehydes is 1. The van der Waals surface area contributed by atoms with Gasteiger partial charge in [0.25, 0.3) is 0 Å². The Hall–Kier alpha value is -0.780. The van der Waals surface area contributed by atoms with E-state index in [0.717, 1.165) is 16.3 Å². The summed E-state index contributed by atoms with van der Waals surface area (Å²) in [6.45, 7) is 2.64. The molecule has 0 amide bonds. The summed E-state index contributed by atoms with van der Waals surface area (Å²) >= 11 is 2.13. The van der Waals surface area contributed by atoms with Crippen LogP contribution in [0.1, 0.15) is 23.7 Å². The van der Waals surface area contributed by atoms with E-state index >= 15 is 0 Å². The lowest BCUT2D eigenvalue weighted by Gasteiger charge is -2.11. The van der Waals surface area contributed by atoms with Crippen molar-refractivity contribution in [2.24, 2.45) is 0 Å². The summed E-state index contributed by atoms with van der Waals surface area (Å²) in [7, 11) is 1.58. The molecule has 0 fully saturated rings. The highest BCUT2D eigenvalue weighted by molar-refractivity contribution is 14.1. The van der Waals surface area contributed by atoms with Gasteiger partial charge in [0.05, 0.1) is 22.9 Å². The standard InChI is InChI=1S/C11H13IO3/c1-3-4-15-11-8(7-13)5-9(14-2)6-10(11)12/h5-7H,3-4H2,1-2H3. The third-order valence-corrected chi connectivity index (χ3v) is 2.66. The molecule has 3 nitrogen and oxygen atoms in total. The number of carbonyl (C=O) groups is 1. The molecule has 4 heteroatoms. The molecule has 0 aliphatic rings. The number of carbonyl (C=O) groups excluding carboxylic acids is 1. The van der Waals surface area contributed by atoms with Gasteiger partial charge in [-0.3, -0.25) is 4.79 Å². The van der Waals surface area contributed by atoms with Crippen molar-refractivity contribution in [1.82, 2.24) is 0 Å². The first-order valence-electron chi connectivity index (χ1n) is 4.68. The monoisotopic (exact) mass is 320 g/mol. The lowest BCUT2D eigenvalue weighted by atomic mass is 10.2. The Kier molecular flexibility index (Phi) is 4.87. The van der Waals surface area contributed by atoms with Crippen LogP contribution in [0.25, 0.3) is 0 Å². The van der Waals surface area contributed by atoms with E-state index in [2.05, 4.69) is 22.6 Å². The SMILES string of the molecule is CCCOc1c(I)cc(OC)cc1C=O. The highest BCUT2D eigenvalue weighted by atomic mass is 127. The number of hydrogen-bond donors (Lipinski definition) is 0. The first-order valence-corrected chi connectivity index (χ1v) is 5.76. The molecule has 0 saturated heterocycles. The van der Waals surface area contributed by atoms with Gasteiger partial charge in [-0.2, -0.15) is 0 Å². The number of rotatable bonds is 5. The third kappa shape index (κ3) is 3.09. The van der Waals surface area contributed by atoms with Crippen molar-refractivity contribution in [1.29, 1.82) is 0 Å². The first-order chi connectivity index (χ1) is 7.22. The van der Waals surface area contributed by atoms with Gasteiger partial charge in [0.15, 0.2) is 6.29 Å². The molecule has 0 aromatic heterocycles. The molecule has 0 saturated carbocycles. The quantitative estimate of drug-likeness (QED) is 0.618. The number of halogens is 1. The largest absolute Gasteiger partial charge is 0.497 e. The van der Waals surface area contributed by atoms with Crippen LogP contribution in [0.5, 0.6) is 11.5 Å². The molecule has 15 heavy (non-hydrogen) atoms. The molecule has 0 aliphatic heterocycles. The fraction of sp³-hybridized carbons (Fsp3) is 0.364. The zero-order chi connectivity index (χ0) is 11.3. The highest BCUT2D eigenvalue weighted by Crippen LogP contribution is 2.29. The van der Waals surface area contributed by atoms with Gasteiger partial charge in [0.1, 0.15) is 11.5 Å². The number of hydrogen-bond acceptors (Lipinski definition) is 3. The first kappa shape index (κ1) is 12.3. The van der Waals surface area contributed by atoms with Crippen molar-refractivity contribution in [3.05, 3.63) is 21.3 Å². The van der Waals surface area contributed by atoms with Gasteiger partial charge in [-0.15, -0.1) is 0 Å². The Morgan fingerprint density at radius 1 is 1.47 bits per heavy atom. The van der Waals surface area contributed by atoms with Crippen LogP contribution in [0.3, 0.4) is 0 Å². The fourth-order valence-electron chi connectivity index (χ4n) is 1.15. The van der Waals surface area contributed by atoms with Crippen LogP contribution in [0, 0.1) is 3.57 Å². The maximum absolute atomic E-state index is 10.9. The molecule has 0 aliphatic carbocycles. The zero-order valence-electron chi connectivity index (χ0n) is 8.75. The van der Waals surface area contributed by atoms with E-state index in [4.69, 9.17) is 9.47 Å². The molecule has 1 aromatic carbocycles. The van der Waals surface area contributed by atoms with Gasteiger partial charge in [0, 0.05) is 0 Å². The van der Waals surface area contributed by atoms with E-state index in [0.29, 0.717) is 23.7 Å². The Bertz CT molecular complexity index is 350. The minimum absolute atomic E-state index is 0.534. The van der Waals surface area contributed by atoms with E-state index in [9.17, 15) is 4.79 Å². The molecule has 0 unspecified atom stereocenters. The zero-order valence-corrected chi connectivity index (χ0v) is 10.9. The van der Waals surface area contributed by atoms with Gasteiger partial charge in [-0.05, 0) is 41.1 Å². The predicted octanol–water partition coefficient (Wildman–Crippen LogP) is 2.90. The molecule has 1 rings (SSSR count). The second-order valence-corrected chi connectivity index (χ2v) is 4.16. The second-order valence-electron chi connectivity index (χ2n) is 2.99. The van der Waals surface area contributed by atoms with Crippen LogP contribution in [0.2, 0.25) is 0 Å². The van der Waals surface area contributed by atoms with E-state index in [1.54, 1.807) is 13.2 Å². The Morgan fingerprint density at radius 3 is 2.73 bits per heavy atom. The van der Waals surface area contributed by atoms with Crippen molar-refractivity contribution in [2.45, 2.75) is 13.3 Å². The van der Waals surface area contributed by atoms with E-state index < -0.39 is 0 Å². The summed E-state index contributed by atoms with van der Waals surface area (Å²) in [6, 6.07) is 3.53. The topological polar surface area (TPSA) is 35.5 Å². The molecule has 0 atom stereocenters. The maximum Gasteiger partial charge on any atom is 0.153 e. The van der Waals surface area contributed by atoms with Crippen LogP contribution in [0.15, 0.2) is 12.1 Å². The third-order valence-electron chi connectivity index (χ3n) is 1.86. The van der Waals surface area contributed by atoms with Crippen molar-refractivity contribution in [3.8, 4) is 11.5 Å². The Balaban J connectivity index is 3.07. The lowest BCUT2D eigenvalue weighted by molar-refractivity contribution is 0.111. The molecule has 0 heterocycles. The van der Waals surface area contributed by atoms with Gasteiger partial charge in [0.2, 0.25) is 0 Å². The predicted molar refractivity (Wildman–Crippen MR) is 66.9 cm³/mol. The summed E-state index contributed by atoms with van der Waals surface area (Å²) < 4.78 is 11.5. The number of methoxy groups -OCH3 is 1. The van der Waals surface area contributed by atoms with Crippen molar-refractivity contribution in [2.75, 3.05) is 13.7 Å². The Labute approximate surface area is 103 Å². The summed E-state index contributed by atoms with van der Waals surface area (Å²) in [6.07, 6.45) is 1.70. The van der Waals surface area contributed by atoms with Gasteiger partial charge >= 0.3 is 0 Å². The molecular formula is C11H13IO3. The van der Waals surface area contributed by atoms with Crippen LogP contribution >= 0.6 is 22.6 Å². The van der Waals surface area contributed by atoms with Crippen molar-refractivity contribution >= 4 is 28.9 Å². The van der Waals surface area contributed by atoms with Gasteiger partial charge in [-0.25, -0.2) is 0 Å². The van der Waals surface area contributed by atoms with Crippen molar-refractivity contribution < 1.29 is 14.3 Å². The minimum atomic E-state index is 0.534. The summed E-state index contributed by atoms with van der Waals surface area (Å²) in [4.78, 5) is 10.9. The van der Waals surface area contributed by atoms with Crippen molar-refractivity contribution in [3.63, 3.8) is 0 Å². The molecule has 82 valence electrons. The van der Waals surface area contributed by atoms with Crippen LogP contribution < -0.4 is 9.47 Å². The van der Waals surface area contributed by atoms with Crippen LogP contribution in [-0.2, 0) is 0 Å². The molecule has 1 aromatic rings. The van der Waals surface area contributed by atoms with Gasteiger partial charge < -0.3 is 9.47 Å². The smallest absolute Gasteiger partial charge is 0.153 e. The molecular weight excluding hydrogens is 307 g/mol. The maximum atomic E-state index is 10.9. The van der Waals surface area contributed by atoms with E-state index in [1.807, 2.05) is 13.0 Å². The summed E-state index contributed by atoms with van der Waals surface area (Å²) in [5.74, 6) is 1.32. The molecule has 0 spiro atoms. The van der Waals surface area contributed by atoms with E-state index in [1.165, 1.54) is 0 Å². The normalized spacial score (nSPS) is 9.80. The van der Waals surface area contributed by atoms with Crippen LogP contribution in [0.4, 0.5) is 0 Å². The Morgan fingerprint density at radius 2 is 2.20 bits per heavy atom.